The lowest BCUT2D eigenvalue weighted by Crippen LogP contribution is -2.29. The molecule has 11 heteroatoms. The van der Waals surface area contributed by atoms with Gasteiger partial charge in [-0.2, -0.15) is 21.6 Å². The first-order chi connectivity index (χ1) is 14.0. The van der Waals surface area contributed by atoms with Gasteiger partial charge in [0.15, 0.2) is 0 Å². The second kappa shape index (κ2) is 8.34. The molecule has 0 fully saturated rings. The quantitative estimate of drug-likeness (QED) is 0.536. The van der Waals surface area contributed by atoms with Crippen LogP contribution in [-0.4, -0.2) is 25.5 Å². The number of rotatable bonds is 7. The predicted molar refractivity (Wildman–Crippen MR) is 101 cm³/mol. The molecule has 6 nitrogen and oxygen atoms in total. The van der Waals surface area contributed by atoms with E-state index in [0.717, 1.165) is 12.1 Å². The van der Waals surface area contributed by atoms with E-state index in [9.17, 15) is 26.0 Å². The molecule has 1 heterocycles. The molecule has 0 saturated carbocycles. The highest BCUT2D eigenvalue weighted by Crippen LogP contribution is 2.26. The maximum atomic E-state index is 13.0. The summed E-state index contributed by atoms with van der Waals surface area (Å²) < 4.78 is 84.9. The number of anilines is 1. The van der Waals surface area contributed by atoms with Crippen LogP contribution in [0.4, 0.5) is 23.2 Å². The van der Waals surface area contributed by atoms with Crippen LogP contribution in [0.25, 0.3) is 11.5 Å². The topological polar surface area (TPSA) is 81.4 Å². The molecule has 0 amide bonds. The van der Waals surface area contributed by atoms with Gasteiger partial charge in [-0.05, 0) is 55.5 Å². The average molecular weight is 444 g/mol. The molecule has 0 unspecified atom stereocenters. The fourth-order valence-corrected chi connectivity index (χ4v) is 3.04. The van der Waals surface area contributed by atoms with E-state index in [1.807, 2.05) is 0 Å². The van der Waals surface area contributed by atoms with E-state index in [1.54, 1.807) is 19.1 Å². The van der Waals surface area contributed by atoms with Gasteiger partial charge in [-0.25, -0.2) is 9.37 Å². The number of aryl methyl sites for hydroxylation is 1. The van der Waals surface area contributed by atoms with Crippen LogP contribution in [0.5, 0.6) is 5.75 Å². The van der Waals surface area contributed by atoms with Crippen LogP contribution in [-0.2, 0) is 16.4 Å². The molecule has 2 aromatic carbocycles. The normalized spacial score (nSPS) is 12.0. The van der Waals surface area contributed by atoms with Crippen molar-refractivity contribution < 1.29 is 35.1 Å². The molecule has 1 aromatic heterocycles. The Morgan fingerprint density at radius 2 is 1.70 bits per heavy atom. The Balaban J connectivity index is 1.57. The van der Waals surface area contributed by atoms with Gasteiger partial charge >= 0.3 is 15.5 Å². The number of nitrogens with one attached hydrogen (secondary N) is 1. The van der Waals surface area contributed by atoms with E-state index in [-0.39, 0.29) is 18.1 Å². The smallest absolute Gasteiger partial charge is 0.493 e. The molecule has 0 spiro atoms. The van der Waals surface area contributed by atoms with E-state index in [4.69, 9.17) is 9.15 Å². The number of nitrogens with zero attached hydrogens (tertiary/aromatic N) is 1. The zero-order valence-corrected chi connectivity index (χ0v) is 16.3. The van der Waals surface area contributed by atoms with Gasteiger partial charge in [0.1, 0.15) is 17.3 Å². The van der Waals surface area contributed by atoms with Gasteiger partial charge in [-0.15, -0.1) is 0 Å². The summed E-state index contributed by atoms with van der Waals surface area (Å²) in [6.45, 7) is 1.93. The van der Waals surface area contributed by atoms with Crippen molar-refractivity contribution in [3.8, 4) is 17.2 Å². The molecular formula is C19H16F4N2O4S. The number of sulfonamides is 1. The lowest BCUT2D eigenvalue weighted by Gasteiger charge is -2.11. The van der Waals surface area contributed by atoms with Crippen LogP contribution < -0.4 is 9.46 Å². The second-order valence-corrected chi connectivity index (χ2v) is 7.88. The van der Waals surface area contributed by atoms with Crippen molar-refractivity contribution in [3.63, 3.8) is 0 Å². The lowest BCUT2D eigenvalue weighted by molar-refractivity contribution is -0.0429. The summed E-state index contributed by atoms with van der Waals surface area (Å²) >= 11 is 0. The van der Waals surface area contributed by atoms with Crippen LogP contribution in [0.15, 0.2) is 52.9 Å². The van der Waals surface area contributed by atoms with Crippen molar-refractivity contribution in [2.24, 2.45) is 0 Å². The second-order valence-electron chi connectivity index (χ2n) is 6.20. The summed E-state index contributed by atoms with van der Waals surface area (Å²) in [7, 11) is -5.47. The van der Waals surface area contributed by atoms with Crippen molar-refractivity contribution in [2.75, 3.05) is 11.3 Å². The molecule has 3 aromatic rings. The summed E-state index contributed by atoms with van der Waals surface area (Å²) in [6.07, 6.45) is 0.388. The molecule has 1 N–H and O–H groups in total. The molecule has 30 heavy (non-hydrogen) atoms. The predicted octanol–water partition coefficient (Wildman–Crippen LogP) is 4.67. The molecule has 0 atom stereocenters. The number of hydrogen-bond donors (Lipinski definition) is 1. The average Bonchev–Trinajstić information content (AvgIpc) is 3.03. The van der Waals surface area contributed by atoms with Crippen molar-refractivity contribution in [1.82, 2.24) is 4.98 Å². The number of ether oxygens (including phenoxy) is 1. The van der Waals surface area contributed by atoms with Gasteiger partial charge in [0.05, 0.1) is 12.3 Å². The van der Waals surface area contributed by atoms with Crippen molar-refractivity contribution in [3.05, 3.63) is 65.8 Å². The van der Waals surface area contributed by atoms with Gasteiger partial charge in [-0.3, -0.25) is 4.72 Å². The van der Waals surface area contributed by atoms with Gasteiger partial charge in [0.25, 0.3) is 0 Å². The summed E-state index contributed by atoms with van der Waals surface area (Å²) in [4.78, 5) is 4.37. The standard InChI is InChI=1S/C19H16F4N2O4S/c1-12-17(24-18(29-12)13-2-4-14(20)5-3-13)10-11-28-16-8-6-15(7-9-16)25-30(26,27)19(21,22)23/h2-9,25H,10-11H2,1H3. The third kappa shape index (κ3) is 5.09. The molecule has 0 radical (unpaired) electrons. The minimum atomic E-state index is -5.47. The fourth-order valence-electron chi connectivity index (χ4n) is 2.47. The number of halogens is 4. The number of benzene rings is 2. The molecule has 3 rings (SSSR count). The minimum absolute atomic E-state index is 0.198. The highest BCUT2D eigenvalue weighted by molar-refractivity contribution is 7.93. The maximum absolute atomic E-state index is 13.0. The maximum Gasteiger partial charge on any atom is 0.516 e. The van der Waals surface area contributed by atoms with Gasteiger partial charge < -0.3 is 9.15 Å². The monoisotopic (exact) mass is 444 g/mol. The first-order valence-electron chi connectivity index (χ1n) is 8.59. The highest BCUT2D eigenvalue weighted by atomic mass is 32.2. The molecular weight excluding hydrogens is 428 g/mol. The molecule has 0 aliphatic heterocycles. The van der Waals surface area contributed by atoms with E-state index in [1.165, 1.54) is 29.0 Å². The van der Waals surface area contributed by atoms with Crippen LogP contribution in [0, 0.1) is 12.7 Å². The van der Waals surface area contributed by atoms with Crippen molar-refractivity contribution in [1.29, 1.82) is 0 Å². The van der Waals surface area contributed by atoms with Gasteiger partial charge in [-0.1, -0.05) is 0 Å². The Labute approximate surface area is 169 Å². The molecule has 0 bridgehead atoms. The summed E-state index contributed by atoms with van der Waals surface area (Å²) in [6, 6.07) is 10.7. The van der Waals surface area contributed by atoms with Gasteiger partial charge in [0, 0.05) is 17.7 Å². The Kier molecular flexibility index (Phi) is 6.01. The molecule has 160 valence electrons. The molecule has 0 saturated heterocycles. The largest absolute Gasteiger partial charge is 0.516 e. The first kappa shape index (κ1) is 21.6. The molecule has 0 aliphatic carbocycles. The Morgan fingerprint density at radius 3 is 2.30 bits per heavy atom. The first-order valence-corrected chi connectivity index (χ1v) is 10.1. The Bertz CT molecular complexity index is 1110. The van der Waals surface area contributed by atoms with Crippen LogP contribution in [0.1, 0.15) is 11.5 Å². The lowest BCUT2D eigenvalue weighted by atomic mass is 10.2. The highest BCUT2D eigenvalue weighted by Gasteiger charge is 2.46. The summed E-state index contributed by atoms with van der Waals surface area (Å²) in [5, 5.41) is 0. The number of oxazole rings is 1. The number of alkyl halides is 3. The van der Waals surface area contributed by atoms with Gasteiger partial charge in [0.2, 0.25) is 5.89 Å². The van der Waals surface area contributed by atoms with Crippen LogP contribution >= 0.6 is 0 Å². The zero-order chi connectivity index (χ0) is 21.9. The van der Waals surface area contributed by atoms with E-state index < -0.39 is 15.5 Å². The summed E-state index contributed by atoms with van der Waals surface area (Å²) in [5.41, 5.74) is -4.37. The minimum Gasteiger partial charge on any atom is -0.493 e. The van der Waals surface area contributed by atoms with Crippen molar-refractivity contribution >= 4 is 15.7 Å². The number of hydrogen-bond acceptors (Lipinski definition) is 5. The third-order valence-electron chi connectivity index (χ3n) is 4.00. The van der Waals surface area contributed by atoms with E-state index in [2.05, 4.69) is 4.98 Å². The van der Waals surface area contributed by atoms with E-state index in [0.29, 0.717) is 35.1 Å². The fraction of sp³-hybridized carbons (Fsp3) is 0.211. The Morgan fingerprint density at radius 1 is 1.07 bits per heavy atom. The SMILES string of the molecule is Cc1oc(-c2ccc(F)cc2)nc1CCOc1ccc(NS(=O)(=O)C(F)(F)F)cc1. The van der Waals surface area contributed by atoms with Crippen LogP contribution in [0.2, 0.25) is 0 Å². The van der Waals surface area contributed by atoms with Crippen LogP contribution in [0.3, 0.4) is 0 Å². The zero-order valence-electron chi connectivity index (χ0n) is 15.5. The van der Waals surface area contributed by atoms with E-state index >= 15 is 0 Å². The third-order valence-corrected chi connectivity index (χ3v) is 5.12. The summed E-state index contributed by atoms with van der Waals surface area (Å²) in [5.74, 6) is 0.899. The molecule has 0 aliphatic rings. The Hall–Kier alpha value is -3.08. The number of aromatic nitrogens is 1. The van der Waals surface area contributed by atoms with Crippen molar-refractivity contribution in [2.45, 2.75) is 18.9 Å².